The van der Waals surface area contributed by atoms with E-state index in [2.05, 4.69) is 23.6 Å². The van der Waals surface area contributed by atoms with Crippen molar-refractivity contribution >= 4 is 11.9 Å². The molecule has 1 N–H and O–H groups in total. The van der Waals surface area contributed by atoms with E-state index in [1.54, 1.807) is 0 Å². The van der Waals surface area contributed by atoms with E-state index < -0.39 is 5.97 Å². The van der Waals surface area contributed by atoms with Gasteiger partial charge in [-0.25, -0.2) is 4.79 Å². The Morgan fingerprint density at radius 3 is 1.77 bits per heavy atom. The van der Waals surface area contributed by atoms with Crippen LogP contribution in [0.3, 0.4) is 0 Å². The molecule has 0 heterocycles. The van der Waals surface area contributed by atoms with E-state index in [1.807, 2.05) is 0 Å². The Kier molecular flexibility index (Phi) is 13.7. The molecule has 0 saturated carbocycles. The number of methoxy groups -OCH3 is 1. The number of carbonyl (C=O) groups is 2. The summed E-state index contributed by atoms with van der Waals surface area (Å²) in [5, 5.41) is 2.46. The van der Waals surface area contributed by atoms with Gasteiger partial charge in [0, 0.05) is 6.42 Å². The van der Waals surface area contributed by atoms with Crippen LogP contribution in [-0.2, 0) is 14.3 Å². The number of nitrogens with one attached hydrogen (secondary N) is 1. The Hall–Kier alpha value is -1.32. The average molecular weight is 311 g/mol. The fraction of sp³-hybridized carbons (Fsp3) is 0.778. The maximum Gasteiger partial charge on any atom is 0.353 e. The van der Waals surface area contributed by atoms with Crippen LogP contribution in [0, 0.1) is 0 Å². The predicted molar refractivity (Wildman–Crippen MR) is 90.4 cm³/mol. The normalized spacial score (nSPS) is 10.3. The van der Waals surface area contributed by atoms with Crippen LogP contribution in [-0.4, -0.2) is 19.0 Å². The first-order valence-corrected chi connectivity index (χ1v) is 8.68. The zero-order valence-corrected chi connectivity index (χ0v) is 14.4. The van der Waals surface area contributed by atoms with Crippen molar-refractivity contribution in [3.8, 4) is 0 Å². The molecule has 0 aromatic heterocycles. The lowest BCUT2D eigenvalue weighted by molar-refractivity contribution is -0.137. The summed E-state index contributed by atoms with van der Waals surface area (Å²) in [7, 11) is 1.27. The molecule has 0 aromatic rings. The molecule has 0 rings (SSSR count). The summed E-state index contributed by atoms with van der Waals surface area (Å²) in [6.45, 7) is 5.71. The number of rotatable bonds is 14. The zero-order valence-electron chi connectivity index (χ0n) is 14.4. The minimum absolute atomic E-state index is 0.00979. The molecule has 0 fully saturated rings. The van der Waals surface area contributed by atoms with Crippen LogP contribution in [0.5, 0.6) is 0 Å². The lowest BCUT2D eigenvalue weighted by Crippen LogP contribution is -2.27. The minimum Gasteiger partial charge on any atom is -0.464 e. The van der Waals surface area contributed by atoms with E-state index in [0.717, 1.165) is 12.8 Å². The third-order valence-electron chi connectivity index (χ3n) is 3.73. The summed E-state index contributed by atoms with van der Waals surface area (Å²) in [5.41, 5.74) is 0.00979. The van der Waals surface area contributed by atoms with Gasteiger partial charge in [0.05, 0.1) is 7.11 Å². The number of hydrogen-bond acceptors (Lipinski definition) is 3. The second kappa shape index (κ2) is 14.6. The van der Waals surface area contributed by atoms with Crippen molar-refractivity contribution in [1.82, 2.24) is 5.32 Å². The quantitative estimate of drug-likeness (QED) is 0.292. The smallest absolute Gasteiger partial charge is 0.353 e. The monoisotopic (exact) mass is 311 g/mol. The Balaban J connectivity index is 3.34. The van der Waals surface area contributed by atoms with Gasteiger partial charge in [-0.15, -0.1) is 0 Å². The maximum absolute atomic E-state index is 11.6. The second-order valence-electron chi connectivity index (χ2n) is 5.80. The van der Waals surface area contributed by atoms with E-state index >= 15 is 0 Å². The number of amides is 1. The Morgan fingerprint density at radius 2 is 1.32 bits per heavy atom. The van der Waals surface area contributed by atoms with Crippen molar-refractivity contribution in [3.05, 3.63) is 12.3 Å². The molecule has 1 amide bonds. The molecule has 0 bridgehead atoms. The van der Waals surface area contributed by atoms with Crippen molar-refractivity contribution < 1.29 is 14.3 Å². The molecular weight excluding hydrogens is 278 g/mol. The molecule has 22 heavy (non-hydrogen) atoms. The molecule has 4 nitrogen and oxygen atoms in total. The van der Waals surface area contributed by atoms with Gasteiger partial charge in [-0.1, -0.05) is 77.7 Å². The van der Waals surface area contributed by atoms with Crippen LogP contribution in [0.4, 0.5) is 0 Å². The molecule has 0 aliphatic heterocycles. The van der Waals surface area contributed by atoms with Gasteiger partial charge in [-0.05, 0) is 6.42 Å². The highest BCUT2D eigenvalue weighted by Gasteiger charge is 2.09. The average Bonchev–Trinajstić information content (AvgIpc) is 2.51. The van der Waals surface area contributed by atoms with Crippen molar-refractivity contribution in [1.29, 1.82) is 0 Å². The SMILES string of the molecule is C=C(NC(=O)CCCCCCCCCCCCC)C(=O)OC. The first-order valence-electron chi connectivity index (χ1n) is 8.68. The lowest BCUT2D eigenvalue weighted by atomic mass is 10.1. The molecule has 0 saturated heterocycles. The van der Waals surface area contributed by atoms with E-state index in [9.17, 15) is 9.59 Å². The molecule has 0 atom stereocenters. The van der Waals surface area contributed by atoms with Crippen molar-refractivity contribution in [2.45, 2.75) is 84.0 Å². The van der Waals surface area contributed by atoms with Gasteiger partial charge >= 0.3 is 5.97 Å². The zero-order chi connectivity index (χ0) is 16.6. The molecule has 0 unspecified atom stereocenters. The second-order valence-corrected chi connectivity index (χ2v) is 5.80. The fourth-order valence-corrected chi connectivity index (χ4v) is 2.35. The number of esters is 1. The van der Waals surface area contributed by atoms with E-state index in [0.29, 0.717) is 6.42 Å². The van der Waals surface area contributed by atoms with Crippen molar-refractivity contribution in [2.24, 2.45) is 0 Å². The van der Waals surface area contributed by atoms with E-state index in [-0.39, 0.29) is 11.6 Å². The summed E-state index contributed by atoms with van der Waals surface area (Å²) in [6.07, 6.45) is 14.2. The van der Waals surface area contributed by atoms with Gasteiger partial charge in [0.15, 0.2) is 0 Å². The molecule has 0 aliphatic carbocycles. The molecule has 128 valence electrons. The standard InChI is InChI=1S/C18H33NO3/c1-4-5-6-7-8-9-10-11-12-13-14-15-17(20)19-16(2)18(21)22-3/h2,4-15H2,1,3H3,(H,19,20). The Bertz CT molecular complexity index is 326. The van der Waals surface area contributed by atoms with E-state index in [1.165, 1.54) is 64.9 Å². The number of unbranched alkanes of at least 4 members (excludes halogenated alkanes) is 10. The van der Waals surface area contributed by atoms with Gasteiger partial charge in [0.25, 0.3) is 0 Å². The van der Waals surface area contributed by atoms with Crippen LogP contribution in [0.15, 0.2) is 12.3 Å². The molecule has 4 heteroatoms. The first-order chi connectivity index (χ1) is 10.6. The summed E-state index contributed by atoms with van der Waals surface area (Å²) < 4.78 is 4.47. The lowest BCUT2D eigenvalue weighted by Gasteiger charge is -2.06. The largest absolute Gasteiger partial charge is 0.464 e. The number of ether oxygens (including phenoxy) is 1. The number of carbonyl (C=O) groups excluding carboxylic acids is 2. The minimum atomic E-state index is -0.590. The first kappa shape index (κ1) is 20.7. The summed E-state index contributed by atoms with van der Waals surface area (Å²) >= 11 is 0. The van der Waals surface area contributed by atoms with Gasteiger partial charge in [0.2, 0.25) is 5.91 Å². The Labute approximate surface area is 135 Å². The number of hydrogen-bond donors (Lipinski definition) is 1. The van der Waals surface area contributed by atoms with Crippen LogP contribution < -0.4 is 5.32 Å². The Morgan fingerprint density at radius 1 is 0.864 bits per heavy atom. The third kappa shape index (κ3) is 12.4. The summed E-state index contributed by atoms with van der Waals surface area (Å²) in [4.78, 5) is 22.6. The predicted octanol–water partition coefficient (Wildman–Crippen LogP) is 4.49. The van der Waals surface area contributed by atoms with Gasteiger partial charge in [0.1, 0.15) is 5.70 Å². The molecular formula is C18H33NO3. The van der Waals surface area contributed by atoms with Crippen LogP contribution in [0.1, 0.15) is 84.0 Å². The fourth-order valence-electron chi connectivity index (χ4n) is 2.35. The van der Waals surface area contributed by atoms with Crippen LogP contribution in [0.2, 0.25) is 0 Å². The third-order valence-corrected chi connectivity index (χ3v) is 3.73. The maximum atomic E-state index is 11.6. The highest BCUT2D eigenvalue weighted by Crippen LogP contribution is 2.11. The summed E-state index contributed by atoms with van der Waals surface area (Å²) in [5.74, 6) is -0.751. The topological polar surface area (TPSA) is 55.4 Å². The van der Waals surface area contributed by atoms with Crippen molar-refractivity contribution in [2.75, 3.05) is 7.11 Å². The molecule has 0 radical (unpaired) electrons. The van der Waals surface area contributed by atoms with Gasteiger partial charge < -0.3 is 10.1 Å². The van der Waals surface area contributed by atoms with Crippen LogP contribution in [0.25, 0.3) is 0 Å². The van der Waals surface area contributed by atoms with Gasteiger partial charge in [-0.3, -0.25) is 4.79 Å². The van der Waals surface area contributed by atoms with Gasteiger partial charge in [-0.2, -0.15) is 0 Å². The molecule has 0 spiro atoms. The molecule has 0 aromatic carbocycles. The summed E-state index contributed by atoms with van der Waals surface area (Å²) in [6, 6.07) is 0. The van der Waals surface area contributed by atoms with E-state index in [4.69, 9.17) is 0 Å². The molecule has 0 aliphatic rings. The highest BCUT2D eigenvalue weighted by molar-refractivity contribution is 5.93. The highest BCUT2D eigenvalue weighted by atomic mass is 16.5. The van der Waals surface area contributed by atoms with Crippen LogP contribution >= 0.6 is 0 Å². The van der Waals surface area contributed by atoms with Crippen molar-refractivity contribution in [3.63, 3.8) is 0 Å².